The summed E-state index contributed by atoms with van der Waals surface area (Å²) in [6.45, 7) is 4.48. The van der Waals surface area contributed by atoms with E-state index in [0.29, 0.717) is 6.54 Å². The molecule has 0 fully saturated rings. The molecule has 1 rings (SSSR count). The first kappa shape index (κ1) is 22.4. The summed E-state index contributed by atoms with van der Waals surface area (Å²) >= 11 is 3.39. The van der Waals surface area contributed by atoms with Crippen LogP contribution in [0.5, 0.6) is 0 Å². The van der Waals surface area contributed by atoms with Crippen LogP contribution in [-0.4, -0.2) is 38.9 Å². The summed E-state index contributed by atoms with van der Waals surface area (Å²) in [7, 11) is -3.11. The summed E-state index contributed by atoms with van der Waals surface area (Å²) in [6, 6.07) is 7.10. The monoisotopic (exact) mass is 426 g/mol. The number of carbonyl (C=O) groups is 1. The Morgan fingerprint density at radius 1 is 1.30 bits per heavy atom. The summed E-state index contributed by atoms with van der Waals surface area (Å²) in [5.41, 5.74) is 6.58. The van der Waals surface area contributed by atoms with Gasteiger partial charge in [0.2, 0.25) is 5.91 Å². The van der Waals surface area contributed by atoms with Crippen LogP contribution in [-0.2, 0) is 20.0 Å². The fraction of sp³-hybridized carbons (Fsp3) is 0.533. The summed E-state index contributed by atoms with van der Waals surface area (Å²) in [4.78, 5) is 12.0. The summed E-state index contributed by atoms with van der Waals surface area (Å²) in [5.74, 6) is -0.411. The normalized spacial score (nSPS) is 13.1. The van der Waals surface area contributed by atoms with Crippen LogP contribution in [0.2, 0.25) is 0 Å². The van der Waals surface area contributed by atoms with Gasteiger partial charge >= 0.3 is 0 Å². The Morgan fingerprint density at radius 3 is 2.30 bits per heavy atom. The van der Waals surface area contributed by atoms with E-state index >= 15 is 0 Å². The smallest absolute Gasteiger partial charge is 0.236 e. The van der Waals surface area contributed by atoms with Crippen molar-refractivity contribution < 1.29 is 13.2 Å². The Labute approximate surface area is 152 Å². The molecule has 1 amide bonds. The van der Waals surface area contributed by atoms with Crippen molar-refractivity contribution in [3.05, 3.63) is 34.3 Å². The number of hydrogen-bond acceptors (Lipinski definition) is 4. The second-order valence-electron chi connectivity index (χ2n) is 6.13. The predicted molar refractivity (Wildman–Crippen MR) is 99.7 cm³/mol. The highest BCUT2D eigenvalue weighted by atomic mass is 79.9. The Hall–Kier alpha value is -0.630. The molecule has 0 aliphatic rings. The zero-order chi connectivity index (χ0) is 17.0. The quantitative estimate of drug-likeness (QED) is 0.697. The molecule has 1 aromatic rings. The number of rotatable bonds is 7. The van der Waals surface area contributed by atoms with Crippen molar-refractivity contribution in [2.75, 3.05) is 18.6 Å². The zero-order valence-electron chi connectivity index (χ0n) is 13.5. The van der Waals surface area contributed by atoms with E-state index in [9.17, 15) is 13.2 Å². The fourth-order valence-electron chi connectivity index (χ4n) is 1.91. The SMILES string of the molecule is CC(C)(CNC(=O)C(N)CCS(C)(=O)=O)c1ccc(Br)cc1.Cl. The lowest BCUT2D eigenvalue weighted by Crippen LogP contribution is -2.45. The van der Waals surface area contributed by atoms with E-state index in [1.54, 1.807) is 0 Å². The highest BCUT2D eigenvalue weighted by molar-refractivity contribution is 9.10. The first-order valence-electron chi connectivity index (χ1n) is 6.98. The number of amides is 1. The summed E-state index contributed by atoms with van der Waals surface area (Å²) < 4.78 is 23.2. The van der Waals surface area contributed by atoms with Crippen LogP contribution in [0.4, 0.5) is 0 Å². The van der Waals surface area contributed by atoms with Crippen LogP contribution in [0.15, 0.2) is 28.7 Å². The third-order valence-corrected chi connectivity index (χ3v) is 4.97. The molecule has 0 aliphatic carbocycles. The van der Waals surface area contributed by atoms with Crippen LogP contribution in [0, 0.1) is 0 Å². The lowest BCUT2D eigenvalue weighted by molar-refractivity contribution is -0.122. The maximum atomic E-state index is 12.0. The third kappa shape index (κ3) is 8.15. The standard InChI is InChI=1S/C15H23BrN2O3S.ClH/c1-15(2,11-4-6-12(16)7-5-11)10-18-14(19)13(17)8-9-22(3,20)21;/h4-7,13H,8-10,17H2,1-3H3,(H,18,19);1H. The van der Waals surface area contributed by atoms with Crippen LogP contribution < -0.4 is 11.1 Å². The van der Waals surface area contributed by atoms with Gasteiger partial charge in [-0.05, 0) is 24.1 Å². The number of carbonyl (C=O) groups excluding carboxylic acids is 1. The van der Waals surface area contributed by atoms with Crippen molar-refractivity contribution in [1.29, 1.82) is 0 Å². The van der Waals surface area contributed by atoms with Crippen LogP contribution in [0.25, 0.3) is 0 Å². The molecule has 1 aromatic carbocycles. The number of nitrogens with one attached hydrogen (secondary N) is 1. The van der Waals surface area contributed by atoms with E-state index in [4.69, 9.17) is 5.73 Å². The molecule has 8 heteroatoms. The number of halogens is 2. The minimum Gasteiger partial charge on any atom is -0.354 e. The Balaban J connectivity index is 0.00000484. The van der Waals surface area contributed by atoms with E-state index in [0.717, 1.165) is 16.3 Å². The van der Waals surface area contributed by atoms with Crippen molar-refractivity contribution in [2.24, 2.45) is 5.73 Å². The molecule has 0 saturated carbocycles. The molecule has 0 aliphatic heterocycles. The molecule has 23 heavy (non-hydrogen) atoms. The maximum absolute atomic E-state index is 12.0. The van der Waals surface area contributed by atoms with E-state index < -0.39 is 15.9 Å². The largest absolute Gasteiger partial charge is 0.354 e. The van der Waals surface area contributed by atoms with E-state index in [-0.39, 0.29) is 35.9 Å². The second kappa shape index (κ2) is 9.01. The van der Waals surface area contributed by atoms with Crippen LogP contribution >= 0.6 is 28.3 Å². The first-order valence-corrected chi connectivity index (χ1v) is 9.84. The van der Waals surface area contributed by atoms with E-state index in [1.165, 1.54) is 0 Å². The van der Waals surface area contributed by atoms with Gasteiger partial charge in [0.15, 0.2) is 0 Å². The van der Waals surface area contributed by atoms with Gasteiger partial charge in [-0.2, -0.15) is 0 Å². The first-order chi connectivity index (χ1) is 10.0. The zero-order valence-corrected chi connectivity index (χ0v) is 16.7. The lowest BCUT2D eigenvalue weighted by Gasteiger charge is -2.26. The molecular formula is C15H24BrClN2O3S. The van der Waals surface area contributed by atoms with E-state index in [1.807, 2.05) is 38.1 Å². The van der Waals surface area contributed by atoms with Gasteiger partial charge in [-0.25, -0.2) is 8.42 Å². The van der Waals surface area contributed by atoms with Gasteiger partial charge in [0.1, 0.15) is 9.84 Å². The average molecular weight is 428 g/mol. The van der Waals surface area contributed by atoms with Gasteiger partial charge in [0.25, 0.3) is 0 Å². The molecule has 0 heterocycles. The molecule has 132 valence electrons. The Bertz CT molecular complexity index is 618. The molecule has 0 spiro atoms. The number of sulfone groups is 1. The number of nitrogens with two attached hydrogens (primary N) is 1. The molecule has 5 nitrogen and oxygen atoms in total. The number of benzene rings is 1. The molecular weight excluding hydrogens is 404 g/mol. The van der Waals surface area contributed by atoms with Crippen molar-refractivity contribution >= 4 is 44.1 Å². The molecule has 3 N–H and O–H groups in total. The molecule has 0 bridgehead atoms. The highest BCUT2D eigenvalue weighted by Gasteiger charge is 2.23. The molecule has 1 atom stereocenters. The minimum absolute atomic E-state index is 0. The minimum atomic E-state index is -3.11. The predicted octanol–water partition coefficient (Wildman–Crippen LogP) is 2.03. The fourth-order valence-corrected chi connectivity index (χ4v) is 2.86. The Morgan fingerprint density at radius 2 is 1.83 bits per heavy atom. The van der Waals surface area contributed by atoms with Gasteiger partial charge in [-0.3, -0.25) is 4.79 Å². The van der Waals surface area contributed by atoms with Crippen LogP contribution in [0.1, 0.15) is 25.8 Å². The summed E-state index contributed by atoms with van der Waals surface area (Å²) in [6.07, 6.45) is 1.26. The molecule has 0 radical (unpaired) electrons. The van der Waals surface area contributed by atoms with Crippen molar-refractivity contribution in [1.82, 2.24) is 5.32 Å². The molecule has 0 aromatic heterocycles. The van der Waals surface area contributed by atoms with Crippen molar-refractivity contribution in [3.8, 4) is 0 Å². The van der Waals surface area contributed by atoms with Crippen LogP contribution in [0.3, 0.4) is 0 Å². The van der Waals surface area contributed by atoms with Crippen molar-refractivity contribution in [3.63, 3.8) is 0 Å². The number of hydrogen-bond donors (Lipinski definition) is 2. The summed E-state index contributed by atoms with van der Waals surface area (Å²) in [5, 5.41) is 2.80. The van der Waals surface area contributed by atoms with E-state index in [2.05, 4.69) is 21.2 Å². The third-order valence-electron chi connectivity index (χ3n) is 3.47. The highest BCUT2D eigenvalue weighted by Crippen LogP contribution is 2.24. The van der Waals surface area contributed by atoms with Gasteiger partial charge < -0.3 is 11.1 Å². The van der Waals surface area contributed by atoms with Gasteiger partial charge in [-0.15, -0.1) is 12.4 Å². The average Bonchev–Trinajstić information content (AvgIpc) is 2.42. The second-order valence-corrected chi connectivity index (χ2v) is 9.31. The Kier molecular flexibility index (Phi) is 8.76. The van der Waals surface area contributed by atoms with Crippen molar-refractivity contribution in [2.45, 2.75) is 31.7 Å². The maximum Gasteiger partial charge on any atom is 0.236 e. The van der Waals surface area contributed by atoms with Gasteiger partial charge in [-0.1, -0.05) is 41.9 Å². The topological polar surface area (TPSA) is 89.3 Å². The van der Waals surface area contributed by atoms with Gasteiger partial charge in [0, 0.05) is 22.7 Å². The van der Waals surface area contributed by atoms with Gasteiger partial charge in [0.05, 0.1) is 11.8 Å². The molecule has 0 saturated heterocycles. The molecule has 1 unspecified atom stereocenters. The lowest BCUT2D eigenvalue weighted by atomic mass is 9.84.